The molecule has 0 bridgehead atoms. The zero-order valence-electron chi connectivity index (χ0n) is 6.78. The molecule has 0 rings (SSSR count). The largest absolute Gasteiger partial charge is 0.480 e. The van der Waals surface area contributed by atoms with Crippen LogP contribution in [0.4, 0.5) is 0 Å². The molecule has 0 fully saturated rings. The summed E-state index contributed by atoms with van der Waals surface area (Å²) in [6, 6.07) is -0.683. The number of aliphatic hydroxyl groups excluding tert-OH is 1. The van der Waals surface area contributed by atoms with Gasteiger partial charge in [-0.3, -0.25) is 4.79 Å². The molecular weight excluding hydrogens is 166 g/mol. The molecule has 0 aromatic rings. The summed E-state index contributed by atoms with van der Waals surface area (Å²) in [4.78, 5) is 10.1. The van der Waals surface area contributed by atoms with Crippen molar-refractivity contribution in [2.24, 2.45) is 5.73 Å². The summed E-state index contributed by atoms with van der Waals surface area (Å²) in [7, 11) is 1.00. The number of carboxylic acids is 1. The van der Waals surface area contributed by atoms with E-state index in [4.69, 9.17) is 15.9 Å². The van der Waals surface area contributed by atoms with Crippen molar-refractivity contribution < 1.29 is 15.0 Å². The second-order valence-corrected chi connectivity index (χ2v) is 2.71. The Balaban J connectivity index is 0. The molecule has 0 radical (unpaired) electrons. The molecule has 4 N–H and O–H groups in total. The Morgan fingerprint density at radius 3 is 2.36 bits per heavy atom. The van der Waals surface area contributed by atoms with E-state index in [0.717, 1.165) is 12.9 Å². The molecule has 0 aromatic heterocycles. The second kappa shape index (κ2) is 9.74. The summed E-state index contributed by atoms with van der Waals surface area (Å²) >= 11 is 1.60. The lowest BCUT2D eigenvalue weighted by atomic mass is 10.2. The fraction of sp³-hybridized carbons (Fsp3) is 0.833. The highest BCUT2D eigenvalue weighted by Crippen LogP contribution is 1.97. The summed E-state index contributed by atoms with van der Waals surface area (Å²) in [6.45, 7) is 0. The van der Waals surface area contributed by atoms with Crippen LogP contribution in [0, 0.1) is 0 Å². The van der Waals surface area contributed by atoms with Crippen molar-refractivity contribution in [2.75, 3.05) is 19.1 Å². The van der Waals surface area contributed by atoms with Gasteiger partial charge >= 0.3 is 5.97 Å². The van der Waals surface area contributed by atoms with Crippen LogP contribution < -0.4 is 5.73 Å². The summed E-state index contributed by atoms with van der Waals surface area (Å²) in [6.07, 6.45) is 2.48. The van der Waals surface area contributed by atoms with Crippen LogP contribution in [0.2, 0.25) is 0 Å². The first kappa shape index (κ1) is 13.3. The molecule has 68 valence electrons. The molecule has 0 spiro atoms. The van der Waals surface area contributed by atoms with Gasteiger partial charge in [-0.05, 0) is 18.4 Å². The smallest absolute Gasteiger partial charge is 0.320 e. The number of thioether (sulfide) groups is 1. The van der Waals surface area contributed by atoms with Gasteiger partial charge in [-0.15, -0.1) is 0 Å². The lowest BCUT2D eigenvalue weighted by molar-refractivity contribution is -0.138. The molecule has 5 heteroatoms. The number of hydrogen-bond donors (Lipinski definition) is 3. The van der Waals surface area contributed by atoms with Crippen LogP contribution in [0.25, 0.3) is 0 Å². The molecule has 0 saturated carbocycles. The highest BCUT2D eigenvalue weighted by atomic mass is 32.2. The predicted octanol–water partition coefficient (Wildman–Crippen LogP) is -0.240. The molecule has 1 atom stereocenters. The minimum Gasteiger partial charge on any atom is -0.480 e. The molecule has 0 amide bonds. The zero-order valence-corrected chi connectivity index (χ0v) is 7.60. The van der Waals surface area contributed by atoms with Crippen LogP contribution in [0.1, 0.15) is 6.42 Å². The molecular formula is C6H15NO3S. The van der Waals surface area contributed by atoms with Gasteiger partial charge in [0.05, 0.1) is 0 Å². The third-order valence-corrected chi connectivity index (χ3v) is 1.59. The minimum atomic E-state index is -0.913. The van der Waals surface area contributed by atoms with E-state index in [1.807, 2.05) is 6.26 Å². The van der Waals surface area contributed by atoms with Crippen molar-refractivity contribution in [3.05, 3.63) is 0 Å². The third kappa shape index (κ3) is 9.74. The van der Waals surface area contributed by atoms with Crippen molar-refractivity contribution in [2.45, 2.75) is 12.5 Å². The third-order valence-electron chi connectivity index (χ3n) is 0.950. The first-order valence-corrected chi connectivity index (χ1v) is 4.50. The van der Waals surface area contributed by atoms with Crippen LogP contribution in [0.15, 0.2) is 0 Å². The number of aliphatic hydroxyl groups is 1. The number of hydrogen-bond acceptors (Lipinski definition) is 4. The Kier molecular flexibility index (Phi) is 11.8. The van der Waals surface area contributed by atoms with Gasteiger partial charge in [0, 0.05) is 7.11 Å². The van der Waals surface area contributed by atoms with Gasteiger partial charge in [-0.1, -0.05) is 0 Å². The standard InChI is InChI=1S/C5H11NO2S.CH4O/c1-9-3-2-4(6)5(7)8;1-2/h4H,2-3,6H2,1H3,(H,7,8);2H,1H3. The normalized spacial score (nSPS) is 11.3. The molecule has 4 nitrogen and oxygen atoms in total. The molecule has 11 heavy (non-hydrogen) atoms. The van der Waals surface area contributed by atoms with Gasteiger partial charge in [0.25, 0.3) is 0 Å². The maximum atomic E-state index is 10.1. The van der Waals surface area contributed by atoms with E-state index >= 15 is 0 Å². The first-order chi connectivity index (χ1) is 5.18. The molecule has 0 heterocycles. The first-order valence-electron chi connectivity index (χ1n) is 3.10. The summed E-state index contributed by atoms with van der Waals surface area (Å²) in [5, 5.41) is 15.3. The fourth-order valence-electron chi connectivity index (χ4n) is 0.368. The predicted molar refractivity (Wildman–Crippen MR) is 46.8 cm³/mol. The van der Waals surface area contributed by atoms with Gasteiger partial charge in [0.15, 0.2) is 0 Å². The van der Waals surface area contributed by atoms with Crippen LogP contribution >= 0.6 is 11.8 Å². The highest BCUT2D eigenvalue weighted by Gasteiger charge is 2.08. The summed E-state index contributed by atoms with van der Waals surface area (Å²) in [5.74, 6) is -0.1000. The molecule has 0 aliphatic rings. The Morgan fingerprint density at radius 2 is 2.09 bits per heavy atom. The van der Waals surface area contributed by atoms with Gasteiger partial charge in [-0.25, -0.2) is 0 Å². The minimum absolute atomic E-state index is 0.552. The van der Waals surface area contributed by atoms with Crippen molar-refractivity contribution >= 4 is 17.7 Å². The number of rotatable bonds is 4. The molecule has 0 aliphatic carbocycles. The Bertz CT molecular complexity index is 99.8. The van der Waals surface area contributed by atoms with Crippen LogP contribution in [0.3, 0.4) is 0 Å². The maximum absolute atomic E-state index is 10.1. The number of aliphatic carboxylic acids is 1. The Labute approximate surface area is 70.8 Å². The Hall–Kier alpha value is -0.260. The highest BCUT2D eigenvalue weighted by molar-refractivity contribution is 7.98. The fourth-order valence-corrected chi connectivity index (χ4v) is 0.858. The monoisotopic (exact) mass is 181 g/mol. The Morgan fingerprint density at radius 1 is 1.64 bits per heavy atom. The zero-order chi connectivity index (χ0) is 9.28. The van der Waals surface area contributed by atoms with Crippen LogP contribution in [-0.4, -0.2) is 41.3 Å². The van der Waals surface area contributed by atoms with E-state index in [1.165, 1.54) is 0 Å². The van der Waals surface area contributed by atoms with E-state index in [1.54, 1.807) is 11.8 Å². The topological polar surface area (TPSA) is 83.5 Å². The van der Waals surface area contributed by atoms with Crippen molar-refractivity contribution in [1.29, 1.82) is 0 Å². The van der Waals surface area contributed by atoms with Crippen LogP contribution in [0.5, 0.6) is 0 Å². The van der Waals surface area contributed by atoms with Crippen LogP contribution in [-0.2, 0) is 4.79 Å². The maximum Gasteiger partial charge on any atom is 0.320 e. The van der Waals surface area contributed by atoms with Crippen molar-refractivity contribution in [1.82, 2.24) is 0 Å². The average Bonchev–Trinajstić information content (AvgIpc) is 2.03. The molecule has 0 aromatic carbocycles. The summed E-state index contributed by atoms with van der Waals surface area (Å²) < 4.78 is 0. The average molecular weight is 181 g/mol. The van der Waals surface area contributed by atoms with Gasteiger partial charge < -0.3 is 15.9 Å². The number of carboxylic acid groups (broad SMARTS) is 1. The molecule has 0 saturated heterocycles. The van der Waals surface area contributed by atoms with E-state index in [0.29, 0.717) is 6.42 Å². The van der Waals surface area contributed by atoms with Gasteiger partial charge in [0.2, 0.25) is 0 Å². The molecule has 1 unspecified atom stereocenters. The van der Waals surface area contributed by atoms with Crippen molar-refractivity contribution in [3.63, 3.8) is 0 Å². The second-order valence-electron chi connectivity index (χ2n) is 1.73. The molecule has 0 aliphatic heterocycles. The lowest BCUT2D eigenvalue weighted by Gasteiger charge is -2.02. The SMILES string of the molecule is CO.CSCCC(N)C(=O)O. The van der Waals surface area contributed by atoms with E-state index in [-0.39, 0.29) is 0 Å². The lowest BCUT2D eigenvalue weighted by Crippen LogP contribution is -2.30. The van der Waals surface area contributed by atoms with Gasteiger partial charge in [-0.2, -0.15) is 11.8 Å². The van der Waals surface area contributed by atoms with Crippen molar-refractivity contribution in [3.8, 4) is 0 Å². The quantitative estimate of drug-likeness (QED) is 0.557. The summed E-state index contributed by atoms with van der Waals surface area (Å²) in [5.41, 5.74) is 5.19. The number of carbonyl (C=O) groups is 1. The van der Waals surface area contributed by atoms with E-state index in [9.17, 15) is 4.79 Å². The van der Waals surface area contributed by atoms with Gasteiger partial charge in [0.1, 0.15) is 6.04 Å². The van der Waals surface area contributed by atoms with E-state index in [2.05, 4.69) is 0 Å². The van der Waals surface area contributed by atoms with E-state index < -0.39 is 12.0 Å². The number of nitrogens with two attached hydrogens (primary N) is 1.